The molecule has 0 aromatic heterocycles. The molecule has 0 saturated heterocycles. The molecule has 2 aliphatic heterocycles. The smallest absolute Gasteiger partial charge is 0.346 e. The van der Waals surface area contributed by atoms with Gasteiger partial charge in [0.05, 0.1) is 22.3 Å². The third-order valence-corrected chi connectivity index (χ3v) is 5.48. The van der Waals surface area contributed by atoms with Gasteiger partial charge in [0.15, 0.2) is 0 Å². The molecule has 1 atom stereocenters. The maximum atomic E-state index is 11.9. The first kappa shape index (κ1) is 18.2. The summed E-state index contributed by atoms with van der Waals surface area (Å²) in [5.74, 6) is -2.38. The monoisotopic (exact) mass is 376 g/mol. The molecule has 140 valence electrons. The Labute approximate surface area is 162 Å². The predicted molar refractivity (Wildman–Crippen MR) is 101 cm³/mol. The van der Waals surface area contributed by atoms with Crippen LogP contribution in [0.2, 0.25) is 0 Å². The Hall–Kier alpha value is -3.22. The van der Waals surface area contributed by atoms with Crippen LogP contribution in [0, 0.1) is 0 Å². The van der Waals surface area contributed by atoms with Gasteiger partial charge in [-0.15, -0.1) is 0 Å². The van der Waals surface area contributed by atoms with Crippen LogP contribution in [0.25, 0.3) is 0 Å². The second-order valence-corrected chi connectivity index (χ2v) is 7.91. The maximum absolute atomic E-state index is 11.9. The lowest BCUT2D eigenvalue weighted by Gasteiger charge is -2.28. The SMILES string of the molecule is CC(BC(C)(C)c1ccc2c(c1)C(=O)OC2=O)c1ccc2c(c1)C(=O)OC2=O. The van der Waals surface area contributed by atoms with Gasteiger partial charge in [-0.1, -0.05) is 38.5 Å². The van der Waals surface area contributed by atoms with Crippen LogP contribution in [0.4, 0.5) is 0 Å². The van der Waals surface area contributed by atoms with Crippen molar-refractivity contribution in [3.8, 4) is 0 Å². The largest absolute Gasteiger partial charge is 0.386 e. The fourth-order valence-corrected chi connectivity index (χ4v) is 3.92. The minimum absolute atomic E-state index is 0.0747. The van der Waals surface area contributed by atoms with Gasteiger partial charge in [0.25, 0.3) is 0 Å². The standard InChI is InChI=1S/C21H17BO6/c1-10(11-4-6-13-15(8-11)19(25)27-17(13)23)22-21(2,3)12-5-7-14-16(9-12)20(26)28-18(14)24/h4-10,22H,1-3H3. The Morgan fingerprint density at radius 1 is 0.750 bits per heavy atom. The summed E-state index contributed by atoms with van der Waals surface area (Å²) in [5, 5.41) is -0.310. The molecule has 1 unspecified atom stereocenters. The summed E-state index contributed by atoms with van der Waals surface area (Å²) in [6, 6.07) is 10.3. The molecule has 4 rings (SSSR count). The molecule has 2 aliphatic rings. The molecule has 2 aromatic rings. The summed E-state index contributed by atoms with van der Waals surface area (Å²) >= 11 is 0. The number of benzene rings is 2. The van der Waals surface area contributed by atoms with Gasteiger partial charge in [0.2, 0.25) is 0 Å². The van der Waals surface area contributed by atoms with Crippen LogP contribution in [-0.2, 0) is 14.8 Å². The molecule has 0 saturated carbocycles. The highest BCUT2D eigenvalue weighted by molar-refractivity contribution is 6.42. The van der Waals surface area contributed by atoms with E-state index < -0.39 is 23.9 Å². The van der Waals surface area contributed by atoms with Crippen molar-refractivity contribution >= 4 is 31.2 Å². The number of hydrogen-bond acceptors (Lipinski definition) is 6. The number of esters is 4. The fourth-order valence-electron chi connectivity index (χ4n) is 3.92. The summed E-state index contributed by atoms with van der Waals surface area (Å²) in [6.07, 6.45) is 0. The minimum Gasteiger partial charge on any atom is -0.386 e. The fraction of sp³-hybridized carbons (Fsp3) is 0.238. The second-order valence-electron chi connectivity index (χ2n) is 7.91. The topological polar surface area (TPSA) is 86.7 Å². The summed E-state index contributed by atoms with van der Waals surface area (Å²) in [5.41, 5.74) is 3.02. The zero-order valence-electron chi connectivity index (χ0n) is 15.7. The van der Waals surface area contributed by atoms with Crippen LogP contribution in [0.3, 0.4) is 0 Å². The van der Waals surface area contributed by atoms with Gasteiger partial charge in [-0.3, -0.25) is 0 Å². The van der Waals surface area contributed by atoms with Gasteiger partial charge < -0.3 is 9.47 Å². The van der Waals surface area contributed by atoms with Crippen molar-refractivity contribution in [3.63, 3.8) is 0 Å². The maximum Gasteiger partial charge on any atom is 0.346 e. The van der Waals surface area contributed by atoms with Gasteiger partial charge >= 0.3 is 23.9 Å². The Balaban J connectivity index is 1.60. The molecule has 7 heteroatoms. The minimum atomic E-state index is -0.618. The van der Waals surface area contributed by atoms with E-state index in [2.05, 4.69) is 23.3 Å². The van der Waals surface area contributed by atoms with Gasteiger partial charge in [-0.2, -0.15) is 0 Å². The molecule has 0 amide bonds. The first-order valence-electron chi connectivity index (χ1n) is 8.99. The molecule has 0 N–H and O–H groups in total. The third-order valence-electron chi connectivity index (χ3n) is 5.48. The van der Waals surface area contributed by atoms with Gasteiger partial charge in [-0.25, -0.2) is 19.2 Å². The van der Waals surface area contributed by atoms with Crippen molar-refractivity contribution in [1.82, 2.24) is 0 Å². The number of cyclic esters (lactones) is 4. The normalized spacial score (nSPS) is 16.4. The van der Waals surface area contributed by atoms with E-state index in [0.717, 1.165) is 18.4 Å². The highest BCUT2D eigenvalue weighted by atomic mass is 16.6. The number of rotatable bonds is 4. The lowest BCUT2D eigenvalue weighted by molar-refractivity contribution is 0.0425. The van der Waals surface area contributed by atoms with Crippen LogP contribution in [0.15, 0.2) is 36.4 Å². The third kappa shape index (κ3) is 2.83. The Morgan fingerprint density at radius 2 is 1.25 bits per heavy atom. The average Bonchev–Trinajstić information content (AvgIpc) is 3.10. The summed E-state index contributed by atoms with van der Waals surface area (Å²) < 4.78 is 9.31. The molecule has 0 fully saturated rings. The first-order valence-corrected chi connectivity index (χ1v) is 8.99. The van der Waals surface area contributed by atoms with Crippen LogP contribution < -0.4 is 0 Å². The Kier molecular flexibility index (Phi) is 3.99. The van der Waals surface area contributed by atoms with Gasteiger partial charge in [0, 0.05) is 0 Å². The average molecular weight is 376 g/mol. The van der Waals surface area contributed by atoms with E-state index in [1.54, 1.807) is 24.3 Å². The predicted octanol–water partition coefficient (Wildman–Crippen LogP) is 2.74. The quantitative estimate of drug-likeness (QED) is 0.463. The van der Waals surface area contributed by atoms with E-state index in [1.807, 2.05) is 19.1 Å². The van der Waals surface area contributed by atoms with Crippen LogP contribution in [0.1, 0.15) is 79.1 Å². The van der Waals surface area contributed by atoms with Crippen molar-refractivity contribution in [2.75, 3.05) is 0 Å². The van der Waals surface area contributed by atoms with Crippen LogP contribution >= 0.6 is 0 Å². The zero-order valence-corrected chi connectivity index (χ0v) is 15.7. The van der Waals surface area contributed by atoms with Crippen LogP contribution in [0.5, 0.6) is 0 Å². The van der Waals surface area contributed by atoms with Gasteiger partial charge in [0.1, 0.15) is 7.28 Å². The number of fused-ring (bicyclic) bond motifs is 2. The van der Waals surface area contributed by atoms with Crippen molar-refractivity contribution < 1.29 is 28.7 Å². The number of carbonyl (C=O) groups is 4. The highest BCUT2D eigenvalue weighted by Gasteiger charge is 2.34. The van der Waals surface area contributed by atoms with E-state index in [4.69, 9.17) is 0 Å². The molecule has 0 bridgehead atoms. The lowest BCUT2D eigenvalue weighted by atomic mass is 9.44. The van der Waals surface area contributed by atoms with Crippen molar-refractivity contribution in [2.24, 2.45) is 0 Å². The second kappa shape index (κ2) is 6.16. The number of carbonyl (C=O) groups excluding carboxylic acids is 4. The van der Waals surface area contributed by atoms with E-state index in [9.17, 15) is 19.2 Å². The summed E-state index contributed by atoms with van der Waals surface area (Å²) in [6.45, 7) is 6.15. The molecule has 28 heavy (non-hydrogen) atoms. The van der Waals surface area contributed by atoms with Crippen molar-refractivity contribution in [1.29, 1.82) is 0 Å². The number of hydrogen-bond donors (Lipinski definition) is 0. The molecular formula is C21H17BO6. The molecule has 0 spiro atoms. The molecule has 2 heterocycles. The molecule has 0 aliphatic carbocycles. The van der Waals surface area contributed by atoms with Crippen molar-refractivity contribution in [2.45, 2.75) is 31.9 Å². The zero-order chi connectivity index (χ0) is 20.2. The van der Waals surface area contributed by atoms with Gasteiger partial charge in [-0.05, 0) is 41.0 Å². The van der Waals surface area contributed by atoms with E-state index in [1.165, 1.54) is 0 Å². The molecule has 6 nitrogen and oxygen atoms in total. The van der Waals surface area contributed by atoms with Crippen molar-refractivity contribution in [3.05, 3.63) is 69.8 Å². The summed E-state index contributed by atoms with van der Waals surface area (Å²) in [4.78, 5) is 46.9. The lowest BCUT2D eigenvalue weighted by Crippen LogP contribution is -2.30. The van der Waals surface area contributed by atoms with Crippen LogP contribution in [-0.4, -0.2) is 31.2 Å². The first-order chi connectivity index (χ1) is 13.2. The molecule has 2 aromatic carbocycles. The number of ether oxygens (including phenoxy) is 2. The van der Waals surface area contributed by atoms with E-state index >= 15 is 0 Å². The summed E-state index contributed by atoms with van der Waals surface area (Å²) in [7, 11) is 0.719. The molecule has 0 radical (unpaired) electrons. The highest BCUT2D eigenvalue weighted by Crippen LogP contribution is 2.32. The molecular weight excluding hydrogens is 359 g/mol. The Bertz CT molecular complexity index is 1070. The Morgan fingerprint density at radius 3 is 1.86 bits per heavy atom. The van der Waals surface area contributed by atoms with E-state index in [0.29, 0.717) is 22.3 Å². The van der Waals surface area contributed by atoms with E-state index in [-0.39, 0.29) is 11.1 Å².